The van der Waals surface area contributed by atoms with Crippen molar-refractivity contribution in [2.75, 3.05) is 26.2 Å². The van der Waals surface area contributed by atoms with Crippen molar-refractivity contribution >= 4 is 0 Å². The molecule has 1 heterocycles. The zero-order chi connectivity index (χ0) is 13.0. The van der Waals surface area contributed by atoms with Gasteiger partial charge in [-0.1, -0.05) is 6.92 Å². The lowest BCUT2D eigenvalue weighted by molar-refractivity contribution is 0.0401. The fourth-order valence-electron chi connectivity index (χ4n) is 2.88. The number of rotatable bonds is 6. The van der Waals surface area contributed by atoms with Gasteiger partial charge >= 0.3 is 0 Å². The van der Waals surface area contributed by atoms with Crippen molar-refractivity contribution in [3.05, 3.63) is 0 Å². The summed E-state index contributed by atoms with van der Waals surface area (Å²) in [5.74, 6) is 1.19. The largest absolute Gasteiger partial charge is 0.393 e. The number of aliphatic hydroxyl groups is 1. The minimum absolute atomic E-state index is 0.225. The van der Waals surface area contributed by atoms with Crippen molar-refractivity contribution in [1.82, 2.24) is 10.2 Å². The van der Waals surface area contributed by atoms with Gasteiger partial charge in [0.05, 0.1) is 18.7 Å². The van der Waals surface area contributed by atoms with Crippen molar-refractivity contribution in [3.63, 3.8) is 0 Å². The average molecular weight is 251 g/mol. The van der Waals surface area contributed by atoms with Crippen molar-refractivity contribution in [2.45, 2.75) is 44.8 Å². The molecule has 1 aliphatic carbocycles. The van der Waals surface area contributed by atoms with E-state index in [1.165, 1.54) is 12.8 Å². The van der Waals surface area contributed by atoms with Crippen molar-refractivity contribution in [3.8, 4) is 6.07 Å². The van der Waals surface area contributed by atoms with Crippen LogP contribution in [0.15, 0.2) is 0 Å². The Morgan fingerprint density at radius 1 is 1.44 bits per heavy atom. The van der Waals surface area contributed by atoms with Gasteiger partial charge in [0, 0.05) is 19.1 Å². The summed E-state index contributed by atoms with van der Waals surface area (Å²) in [6.45, 7) is 5.44. The molecule has 1 aliphatic heterocycles. The summed E-state index contributed by atoms with van der Waals surface area (Å²) in [7, 11) is 0. The van der Waals surface area contributed by atoms with E-state index in [-0.39, 0.29) is 6.10 Å². The van der Waals surface area contributed by atoms with Gasteiger partial charge in [-0.15, -0.1) is 0 Å². The first-order valence-electron chi connectivity index (χ1n) is 7.23. The number of hydrogen-bond acceptors (Lipinski definition) is 4. The number of nitrogens with one attached hydrogen (secondary N) is 1. The number of nitriles is 1. The lowest BCUT2D eigenvalue weighted by atomic mass is 9.88. The first-order chi connectivity index (χ1) is 8.72. The van der Waals surface area contributed by atoms with Gasteiger partial charge in [0.1, 0.15) is 0 Å². The predicted molar refractivity (Wildman–Crippen MR) is 71.0 cm³/mol. The maximum Gasteiger partial charge on any atom is 0.0866 e. The van der Waals surface area contributed by atoms with Gasteiger partial charge in [-0.3, -0.25) is 4.90 Å². The molecule has 2 rings (SSSR count). The monoisotopic (exact) mass is 251 g/mol. The molecule has 4 heteroatoms. The molecular formula is C14H25N3O. The molecule has 3 unspecified atom stereocenters. The second kappa shape index (κ2) is 6.51. The molecule has 102 valence electrons. The molecule has 0 aromatic rings. The normalized spacial score (nSPS) is 30.9. The van der Waals surface area contributed by atoms with Crippen LogP contribution in [-0.4, -0.2) is 48.3 Å². The van der Waals surface area contributed by atoms with Crippen LogP contribution in [0.2, 0.25) is 0 Å². The van der Waals surface area contributed by atoms with Crippen LogP contribution >= 0.6 is 0 Å². The summed E-state index contributed by atoms with van der Waals surface area (Å²) in [5.41, 5.74) is 0. The summed E-state index contributed by atoms with van der Waals surface area (Å²) < 4.78 is 0. The summed E-state index contributed by atoms with van der Waals surface area (Å²) in [6, 6.07) is 2.67. The van der Waals surface area contributed by atoms with Crippen LogP contribution in [0.3, 0.4) is 0 Å². The standard InChI is InChI=1S/C14H25N3O/c1-2-14(18)12-7-13(16-8-11-3-4-11)10-17(9-12)6-5-15/h11-14,16,18H,2-4,6-10H2,1H3. The molecule has 1 saturated heterocycles. The van der Waals surface area contributed by atoms with Gasteiger partial charge < -0.3 is 10.4 Å². The number of nitrogens with zero attached hydrogens (tertiary/aromatic N) is 2. The lowest BCUT2D eigenvalue weighted by Crippen LogP contribution is -2.52. The zero-order valence-electron chi connectivity index (χ0n) is 11.3. The second-order valence-corrected chi connectivity index (χ2v) is 5.87. The molecule has 2 fully saturated rings. The molecule has 0 radical (unpaired) electrons. The number of piperidine rings is 1. The third-order valence-corrected chi connectivity index (χ3v) is 4.21. The van der Waals surface area contributed by atoms with Gasteiger partial charge in [0.25, 0.3) is 0 Å². The van der Waals surface area contributed by atoms with E-state index in [2.05, 4.69) is 16.3 Å². The first kappa shape index (κ1) is 13.8. The third kappa shape index (κ3) is 3.94. The molecular weight excluding hydrogens is 226 g/mol. The minimum atomic E-state index is -0.225. The smallest absolute Gasteiger partial charge is 0.0866 e. The summed E-state index contributed by atoms with van der Waals surface area (Å²) in [5, 5.41) is 22.5. The van der Waals surface area contributed by atoms with Gasteiger partial charge in [-0.2, -0.15) is 5.26 Å². The highest BCUT2D eigenvalue weighted by Gasteiger charge is 2.31. The predicted octanol–water partition coefficient (Wildman–Crippen LogP) is 0.971. The molecule has 0 bridgehead atoms. The van der Waals surface area contributed by atoms with Crippen LogP contribution in [0, 0.1) is 23.2 Å². The van der Waals surface area contributed by atoms with E-state index in [0.717, 1.165) is 38.4 Å². The first-order valence-corrected chi connectivity index (χ1v) is 7.23. The maximum absolute atomic E-state index is 10.0. The number of likely N-dealkylation sites (tertiary alicyclic amines) is 1. The Morgan fingerprint density at radius 2 is 2.22 bits per heavy atom. The van der Waals surface area contributed by atoms with Crippen molar-refractivity contribution in [2.24, 2.45) is 11.8 Å². The van der Waals surface area contributed by atoms with E-state index in [1.807, 2.05) is 6.92 Å². The van der Waals surface area contributed by atoms with Gasteiger partial charge in [0.15, 0.2) is 0 Å². The molecule has 0 amide bonds. The summed E-state index contributed by atoms with van der Waals surface area (Å²) in [4.78, 5) is 2.18. The van der Waals surface area contributed by atoms with Gasteiger partial charge in [-0.25, -0.2) is 0 Å². The summed E-state index contributed by atoms with van der Waals surface area (Å²) >= 11 is 0. The van der Waals surface area contributed by atoms with Crippen LogP contribution in [0.25, 0.3) is 0 Å². The Bertz CT molecular complexity index is 298. The molecule has 2 aliphatic rings. The molecule has 0 spiro atoms. The molecule has 4 nitrogen and oxygen atoms in total. The highest BCUT2D eigenvalue weighted by molar-refractivity contribution is 4.90. The topological polar surface area (TPSA) is 59.3 Å². The average Bonchev–Trinajstić information content (AvgIpc) is 3.19. The van der Waals surface area contributed by atoms with Crippen LogP contribution in [0.1, 0.15) is 32.6 Å². The molecule has 3 atom stereocenters. The van der Waals surface area contributed by atoms with Crippen LogP contribution < -0.4 is 5.32 Å². The minimum Gasteiger partial charge on any atom is -0.393 e. The quantitative estimate of drug-likeness (QED) is 0.691. The molecule has 1 saturated carbocycles. The number of hydrogen-bond donors (Lipinski definition) is 2. The zero-order valence-corrected chi connectivity index (χ0v) is 11.3. The fraction of sp³-hybridized carbons (Fsp3) is 0.929. The van der Waals surface area contributed by atoms with Crippen LogP contribution in [-0.2, 0) is 0 Å². The maximum atomic E-state index is 10.0. The Balaban J connectivity index is 1.85. The summed E-state index contributed by atoms with van der Waals surface area (Å²) in [6.07, 6.45) is 4.35. The van der Waals surface area contributed by atoms with Crippen LogP contribution in [0.4, 0.5) is 0 Å². The van der Waals surface area contributed by atoms with Gasteiger partial charge in [-0.05, 0) is 44.1 Å². The fourth-order valence-corrected chi connectivity index (χ4v) is 2.88. The van der Waals surface area contributed by atoms with Crippen molar-refractivity contribution in [1.29, 1.82) is 5.26 Å². The van der Waals surface area contributed by atoms with Crippen LogP contribution in [0.5, 0.6) is 0 Å². The highest BCUT2D eigenvalue weighted by Crippen LogP contribution is 2.28. The van der Waals surface area contributed by atoms with E-state index in [1.54, 1.807) is 0 Å². The molecule has 2 N–H and O–H groups in total. The molecule has 0 aromatic carbocycles. The Kier molecular flexibility index (Phi) is 4.99. The van der Waals surface area contributed by atoms with Crippen molar-refractivity contribution < 1.29 is 5.11 Å². The van der Waals surface area contributed by atoms with E-state index in [9.17, 15) is 5.11 Å². The Labute approximate surface area is 110 Å². The second-order valence-electron chi connectivity index (χ2n) is 5.87. The van der Waals surface area contributed by atoms with E-state index in [4.69, 9.17) is 5.26 Å². The van der Waals surface area contributed by atoms with E-state index in [0.29, 0.717) is 18.5 Å². The van der Waals surface area contributed by atoms with Gasteiger partial charge in [0.2, 0.25) is 0 Å². The third-order valence-electron chi connectivity index (χ3n) is 4.21. The Hall–Kier alpha value is -0.630. The van der Waals surface area contributed by atoms with E-state index >= 15 is 0 Å². The highest BCUT2D eigenvalue weighted by atomic mass is 16.3. The van der Waals surface area contributed by atoms with E-state index < -0.39 is 0 Å². The molecule has 0 aromatic heterocycles. The lowest BCUT2D eigenvalue weighted by Gasteiger charge is -2.39. The SMILES string of the molecule is CCC(O)C1CC(NCC2CC2)CN(CC#N)C1. The number of aliphatic hydroxyl groups excluding tert-OH is 1. The molecule has 18 heavy (non-hydrogen) atoms. The Morgan fingerprint density at radius 3 is 2.83 bits per heavy atom.